The highest BCUT2D eigenvalue weighted by Gasteiger charge is 2.33. The van der Waals surface area contributed by atoms with Crippen molar-refractivity contribution >= 4 is 72.5 Å². The summed E-state index contributed by atoms with van der Waals surface area (Å²) in [5, 5.41) is 38.9. The van der Waals surface area contributed by atoms with Crippen LogP contribution in [0.2, 0.25) is 0 Å². The number of allylic oxidation sites excluding steroid dienone is 1. The Balaban J connectivity index is 2.07. The van der Waals surface area contributed by atoms with Crippen LogP contribution in [0.5, 0.6) is 23.0 Å². The van der Waals surface area contributed by atoms with Crippen LogP contribution in [0.4, 0.5) is 11.4 Å². The van der Waals surface area contributed by atoms with Crippen molar-refractivity contribution in [3.8, 4) is 23.0 Å². The molecule has 5 N–H and O–H groups in total. The van der Waals surface area contributed by atoms with Gasteiger partial charge in [0.05, 0.1) is 43.5 Å². The zero-order valence-corrected chi connectivity index (χ0v) is 23.6. The third-order valence-corrected chi connectivity index (χ3v) is 7.90. The first-order chi connectivity index (χ1) is 20.5. The van der Waals surface area contributed by atoms with E-state index in [2.05, 4.69) is 10.6 Å². The molecule has 0 aromatic heterocycles. The second kappa shape index (κ2) is 9.79. The van der Waals surface area contributed by atoms with Crippen molar-refractivity contribution in [3.05, 3.63) is 49.3 Å². The molecular weight excluding hydrogens is 560 g/mol. The maximum atomic E-state index is 13.9. The second-order valence-electron chi connectivity index (χ2n) is 10.3. The lowest BCUT2D eigenvalue weighted by molar-refractivity contribution is -0.136. The lowest BCUT2D eigenvalue weighted by atomic mass is 9.83. The third-order valence-electron chi connectivity index (χ3n) is 7.90. The van der Waals surface area contributed by atoms with Crippen LogP contribution in [0.15, 0.2) is 27.3 Å². The number of phenolic OH excluding ortho intramolecular Hbond substituents is 1. The fourth-order valence-corrected chi connectivity index (χ4v) is 6.44. The Labute approximate surface area is 242 Å². The normalized spacial score (nSPS) is 12.6. The number of ether oxygens (including phenoxy) is 3. The predicted octanol–water partition coefficient (Wildman–Crippen LogP) is 3.58. The number of hydrogen-bond acceptors (Lipinski definition) is 10. The second-order valence-corrected chi connectivity index (χ2v) is 10.3. The molecular formula is C31H26N2O10. The molecule has 0 fully saturated rings. The molecule has 12 nitrogen and oxygen atoms in total. The van der Waals surface area contributed by atoms with Gasteiger partial charge < -0.3 is 40.2 Å². The van der Waals surface area contributed by atoms with Crippen molar-refractivity contribution in [2.24, 2.45) is 0 Å². The molecule has 0 atom stereocenters. The van der Waals surface area contributed by atoms with Gasteiger partial charge in [0.1, 0.15) is 24.6 Å². The van der Waals surface area contributed by atoms with E-state index in [4.69, 9.17) is 14.2 Å². The van der Waals surface area contributed by atoms with Gasteiger partial charge in [-0.1, -0.05) is 11.6 Å². The summed E-state index contributed by atoms with van der Waals surface area (Å²) in [7, 11) is 4.17. The predicted molar refractivity (Wildman–Crippen MR) is 162 cm³/mol. The molecule has 1 aliphatic rings. The minimum Gasteiger partial charge on any atom is -0.504 e. The minimum atomic E-state index is -1.20. The van der Waals surface area contributed by atoms with E-state index >= 15 is 0 Å². The van der Waals surface area contributed by atoms with Crippen LogP contribution in [-0.2, 0) is 16.0 Å². The molecule has 0 heterocycles. The van der Waals surface area contributed by atoms with Crippen LogP contribution in [-0.4, -0.2) is 61.7 Å². The number of carboxylic acid groups (broad SMARTS) is 2. The first kappa shape index (κ1) is 27.6. The quantitative estimate of drug-likeness (QED) is 0.125. The highest BCUT2D eigenvalue weighted by molar-refractivity contribution is 6.40. The summed E-state index contributed by atoms with van der Waals surface area (Å²) in [6, 6.07) is 2.50. The van der Waals surface area contributed by atoms with Crippen molar-refractivity contribution < 1.29 is 39.1 Å². The van der Waals surface area contributed by atoms with Gasteiger partial charge in [0.15, 0.2) is 22.4 Å². The minimum absolute atomic E-state index is 0.0166. The van der Waals surface area contributed by atoms with Crippen LogP contribution in [0.1, 0.15) is 18.1 Å². The van der Waals surface area contributed by atoms with Crippen molar-refractivity contribution in [2.45, 2.75) is 13.3 Å². The molecule has 0 bridgehead atoms. The summed E-state index contributed by atoms with van der Waals surface area (Å²) in [6.07, 6.45) is 2.08. The van der Waals surface area contributed by atoms with Crippen LogP contribution in [0.3, 0.4) is 0 Å². The summed E-state index contributed by atoms with van der Waals surface area (Å²) in [5.41, 5.74) is 1.05. The number of phenols is 1. The molecule has 220 valence electrons. The fourth-order valence-electron chi connectivity index (χ4n) is 6.44. The molecule has 12 heteroatoms. The summed E-state index contributed by atoms with van der Waals surface area (Å²) in [5.74, 6) is -2.29. The number of anilines is 2. The molecule has 0 saturated carbocycles. The van der Waals surface area contributed by atoms with E-state index in [-0.39, 0.29) is 51.6 Å². The number of aromatic hydroxyl groups is 1. The van der Waals surface area contributed by atoms with Gasteiger partial charge in [0.25, 0.3) is 0 Å². The molecule has 0 aliphatic heterocycles. The van der Waals surface area contributed by atoms with Crippen molar-refractivity contribution in [1.29, 1.82) is 0 Å². The Kier molecular flexibility index (Phi) is 6.29. The van der Waals surface area contributed by atoms with Gasteiger partial charge in [-0.2, -0.15) is 0 Å². The molecule has 0 radical (unpaired) electrons. The molecule has 5 aromatic rings. The van der Waals surface area contributed by atoms with E-state index in [1.165, 1.54) is 33.5 Å². The standard InChI is InChI=1S/C31H26N2O10/c1-11-5-12-20-21-13(6-11)31(43-4)30(40)23-15(35)8-17(42-3)25(27(21)23)24-16(41-2)7-14(34)22(26(20)24)29(33-10-19(38)39)28(12)32-9-18(36)37/h5,7-8,32-33,40H,6,9-10H2,1-4H3,(H,36,37)(H,38,39). The van der Waals surface area contributed by atoms with Gasteiger partial charge in [0, 0.05) is 50.2 Å². The van der Waals surface area contributed by atoms with Gasteiger partial charge in [-0.25, -0.2) is 0 Å². The zero-order valence-electron chi connectivity index (χ0n) is 23.6. The average Bonchev–Trinajstić information content (AvgIpc) is 3.11. The highest BCUT2D eigenvalue weighted by Crippen LogP contribution is 2.56. The topological polar surface area (TPSA) is 181 Å². The first-order valence-electron chi connectivity index (χ1n) is 13.2. The Morgan fingerprint density at radius 1 is 0.744 bits per heavy atom. The monoisotopic (exact) mass is 586 g/mol. The third kappa shape index (κ3) is 3.83. The summed E-state index contributed by atoms with van der Waals surface area (Å²) < 4.78 is 17.1. The van der Waals surface area contributed by atoms with E-state index in [9.17, 15) is 34.5 Å². The Hall–Kier alpha value is -5.52. The number of aliphatic carboxylic acids is 2. The molecule has 0 spiro atoms. The SMILES string of the molecule is COc1c(O)c2c(=O)cc(OC)c3c4c(OC)cc(=O)c5c(NCC(=O)O)c(NCC(=O)O)c6c(c(c1CC(C)=C6)c23)c54. The number of carboxylic acids is 2. The van der Waals surface area contributed by atoms with E-state index in [0.717, 1.165) is 5.57 Å². The smallest absolute Gasteiger partial charge is 0.322 e. The number of fused-ring (bicyclic) bond motifs is 1. The first-order valence-corrected chi connectivity index (χ1v) is 13.2. The molecule has 0 unspecified atom stereocenters. The van der Waals surface area contributed by atoms with Crippen LogP contribution >= 0.6 is 0 Å². The van der Waals surface area contributed by atoms with E-state index in [0.29, 0.717) is 43.4 Å². The molecule has 6 rings (SSSR count). The van der Waals surface area contributed by atoms with Gasteiger partial charge >= 0.3 is 11.9 Å². The van der Waals surface area contributed by atoms with Crippen molar-refractivity contribution in [2.75, 3.05) is 45.1 Å². The molecule has 43 heavy (non-hydrogen) atoms. The van der Waals surface area contributed by atoms with Crippen LogP contribution < -0.4 is 35.7 Å². The number of benzene rings is 5. The number of carbonyl (C=O) groups is 2. The van der Waals surface area contributed by atoms with Crippen molar-refractivity contribution in [1.82, 2.24) is 0 Å². The lowest BCUT2D eigenvalue weighted by Gasteiger charge is -2.25. The molecule has 5 aromatic carbocycles. The maximum absolute atomic E-state index is 13.9. The Morgan fingerprint density at radius 3 is 1.81 bits per heavy atom. The molecule has 0 saturated heterocycles. The zero-order chi connectivity index (χ0) is 30.9. The van der Waals surface area contributed by atoms with Gasteiger partial charge in [-0.3, -0.25) is 19.2 Å². The van der Waals surface area contributed by atoms with E-state index in [1.807, 2.05) is 13.0 Å². The van der Waals surface area contributed by atoms with E-state index in [1.54, 1.807) is 0 Å². The number of methoxy groups -OCH3 is 3. The largest absolute Gasteiger partial charge is 0.504 e. The molecule has 0 amide bonds. The number of hydrogen-bond donors (Lipinski definition) is 5. The number of nitrogens with one attached hydrogen (secondary N) is 2. The molecule has 1 aliphatic carbocycles. The highest BCUT2D eigenvalue weighted by atomic mass is 16.5. The van der Waals surface area contributed by atoms with Crippen LogP contribution in [0, 0.1) is 0 Å². The summed E-state index contributed by atoms with van der Waals surface area (Å²) >= 11 is 0. The van der Waals surface area contributed by atoms with Crippen LogP contribution in [0.25, 0.3) is 49.2 Å². The van der Waals surface area contributed by atoms with Gasteiger partial charge in [-0.05, 0) is 18.7 Å². The maximum Gasteiger partial charge on any atom is 0.322 e. The Morgan fingerprint density at radius 2 is 1.28 bits per heavy atom. The number of rotatable bonds is 9. The van der Waals surface area contributed by atoms with Gasteiger partial charge in [0.2, 0.25) is 0 Å². The average molecular weight is 587 g/mol. The van der Waals surface area contributed by atoms with E-state index < -0.39 is 35.9 Å². The lowest BCUT2D eigenvalue weighted by Crippen LogP contribution is -2.19. The summed E-state index contributed by atoms with van der Waals surface area (Å²) in [6.45, 7) is 0.727. The van der Waals surface area contributed by atoms with Crippen molar-refractivity contribution in [3.63, 3.8) is 0 Å². The fraction of sp³-hybridized carbons (Fsp3) is 0.226. The summed E-state index contributed by atoms with van der Waals surface area (Å²) in [4.78, 5) is 50.8. The Bertz CT molecular complexity index is 2190. The van der Waals surface area contributed by atoms with Gasteiger partial charge in [-0.15, -0.1) is 0 Å².